The molecule has 0 bridgehead atoms. The number of carbonyl (C=O) groups is 1. The van der Waals surface area contributed by atoms with Gasteiger partial charge >= 0.3 is 6.03 Å². The van der Waals surface area contributed by atoms with E-state index in [0.29, 0.717) is 25.6 Å². The minimum Gasteiger partial charge on any atom is -0.338 e. The monoisotopic (exact) mass is 342 g/mol. The third-order valence-corrected chi connectivity index (χ3v) is 4.72. The van der Waals surface area contributed by atoms with Gasteiger partial charge in [-0.2, -0.15) is 0 Å². The Morgan fingerprint density at radius 1 is 1.32 bits per heavy atom. The number of nitrogens with one attached hydrogen (secondary N) is 3. The van der Waals surface area contributed by atoms with Gasteiger partial charge in [0.05, 0.1) is 0 Å². The first-order valence-electron chi connectivity index (χ1n) is 9.00. The molecule has 0 radical (unpaired) electrons. The van der Waals surface area contributed by atoms with Gasteiger partial charge < -0.3 is 15.6 Å². The number of hydrogen-bond donors (Lipinski definition) is 3. The molecule has 1 aromatic heterocycles. The molecule has 2 aromatic rings. The van der Waals surface area contributed by atoms with Crippen LogP contribution < -0.4 is 16.2 Å². The van der Waals surface area contributed by atoms with Crippen LogP contribution in [0.2, 0.25) is 0 Å². The van der Waals surface area contributed by atoms with E-state index in [9.17, 15) is 9.59 Å². The number of fused-ring (bicyclic) bond motifs is 1. The molecule has 134 valence electrons. The first-order valence-corrected chi connectivity index (χ1v) is 9.00. The van der Waals surface area contributed by atoms with Crippen LogP contribution in [0, 0.1) is 5.92 Å². The van der Waals surface area contributed by atoms with Crippen molar-refractivity contribution in [1.82, 2.24) is 20.5 Å². The van der Waals surface area contributed by atoms with E-state index >= 15 is 0 Å². The van der Waals surface area contributed by atoms with E-state index in [2.05, 4.69) is 20.5 Å². The van der Waals surface area contributed by atoms with E-state index < -0.39 is 0 Å². The summed E-state index contributed by atoms with van der Waals surface area (Å²) in [4.78, 5) is 29.2. The van der Waals surface area contributed by atoms with Crippen LogP contribution >= 0.6 is 0 Å². The zero-order valence-electron chi connectivity index (χ0n) is 14.7. The fourth-order valence-electron chi connectivity index (χ4n) is 3.47. The maximum absolute atomic E-state index is 12.3. The molecule has 1 fully saturated rings. The van der Waals surface area contributed by atoms with Crippen LogP contribution in [-0.4, -0.2) is 42.1 Å². The van der Waals surface area contributed by atoms with Crippen molar-refractivity contribution < 1.29 is 4.79 Å². The average molecular weight is 342 g/mol. The molecule has 3 rings (SSSR count). The minimum absolute atomic E-state index is 0.0127. The number of hydrogen-bond acceptors (Lipinski definition) is 3. The molecule has 0 aliphatic carbocycles. The summed E-state index contributed by atoms with van der Waals surface area (Å²) in [6.45, 7) is 5.76. The highest BCUT2D eigenvalue weighted by Crippen LogP contribution is 2.18. The van der Waals surface area contributed by atoms with Gasteiger partial charge in [0.1, 0.15) is 0 Å². The van der Waals surface area contributed by atoms with Gasteiger partial charge in [0.15, 0.2) is 0 Å². The molecule has 1 atom stereocenters. The number of benzene rings is 1. The van der Waals surface area contributed by atoms with E-state index in [4.69, 9.17) is 0 Å². The summed E-state index contributed by atoms with van der Waals surface area (Å²) in [5.74, 6) is 0.427. The van der Waals surface area contributed by atoms with Gasteiger partial charge in [-0.3, -0.25) is 9.69 Å². The number of nitrogens with zero attached hydrogens (tertiary/aromatic N) is 1. The van der Waals surface area contributed by atoms with E-state index in [-0.39, 0.29) is 11.6 Å². The Kier molecular flexibility index (Phi) is 5.71. The zero-order valence-corrected chi connectivity index (χ0v) is 14.7. The van der Waals surface area contributed by atoms with Crippen molar-refractivity contribution in [3.63, 3.8) is 0 Å². The molecule has 6 nitrogen and oxygen atoms in total. The van der Waals surface area contributed by atoms with E-state index in [1.54, 1.807) is 0 Å². The van der Waals surface area contributed by atoms with E-state index in [0.717, 1.165) is 42.4 Å². The third-order valence-electron chi connectivity index (χ3n) is 4.72. The zero-order chi connectivity index (χ0) is 17.6. The second-order valence-corrected chi connectivity index (χ2v) is 6.69. The highest BCUT2D eigenvalue weighted by Gasteiger charge is 2.21. The van der Waals surface area contributed by atoms with Gasteiger partial charge in [-0.05, 0) is 49.7 Å². The largest absolute Gasteiger partial charge is 0.338 e. The Morgan fingerprint density at radius 3 is 3.00 bits per heavy atom. The molecule has 2 heterocycles. The summed E-state index contributed by atoms with van der Waals surface area (Å²) in [6.07, 6.45) is 2.20. The number of urea groups is 1. The van der Waals surface area contributed by atoms with Gasteiger partial charge in [0, 0.05) is 37.3 Å². The van der Waals surface area contributed by atoms with Crippen molar-refractivity contribution in [2.24, 2.45) is 5.92 Å². The highest BCUT2D eigenvalue weighted by atomic mass is 16.2. The summed E-state index contributed by atoms with van der Waals surface area (Å²) >= 11 is 0. The molecule has 0 saturated carbocycles. The van der Waals surface area contributed by atoms with Crippen LogP contribution in [0.5, 0.6) is 0 Å². The molecule has 6 heteroatoms. The molecule has 2 amide bonds. The SMILES string of the molecule is CCNC(=O)NCC1CCCN(Cc2cc3ccccc3[nH]c2=O)C1. The number of para-hydroxylation sites is 1. The maximum Gasteiger partial charge on any atom is 0.314 e. The number of H-pyrrole nitrogens is 1. The number of aromatic nitrogens is 1. The van der Waals surface area contributed by atoms with Gasteiger partial charge in [-0.15, -0.1) is 0 Å². The van der Waals surface area contributed by atoms with Gasteiger partial charge in [0.2, 0.25) is 0 Å². The molecule has 25 heavy (non-hydrogen) atoms. The normalized spacial score (nSPS) is 18.2. The van der Waals surface area contributed by atoms with E-state index in [1.807, 2.05) is 37.3 Å². The second-order valence-electron chi connectivity index (χ2n) is 6.69. The molecule has 3 N–H and O–H groups in total. The lowest BCUT2D eigenvalue weighted by Crippen LogP contribution is -2.43. The van der Waals surface area contributed by atoms with Crippen molar-refractivity contribution in [2.75, 3.05) is 26.2 Å². The van der Waals surface area contributed by atoms with Crippen molar-refractivity contribution >= 4 is 16.9 Å². The fraction of sp³-hybridized carbons (Fsp3) is 0.474. The molecule has 1 aliphatic rings. The Labute approximate surface area is 147 Å². The Hall–Kier alpha value is -2.34. The molecule has 1 saturated heterocycles. The second kappa shape index (κ2) is 8.16. The first-order chi connectivity index (χ1) is 12.2. The Bertz CT molecular complexity index is 786. The van der Waals surface area contributed by atoms with Gasteiger partial charge in [-0.1, -0.05) is 18.2 Å². The molecule has 0 spiro atoms. The number of piperidine rings is 1. The lowest BCUT2D eigenvalue weighted by molar-refractivity contribution is 0.164. The lowest BCUT2D eigenvalue weighted by Gasteiger charge is -2.32. The first kappa shape index (κ1) is 17.5. The maximum atomic E-state index is 12.3. The van der Waals surface area contributed by atoms with Crippen LogP contribution in [0.4, 0.5) is 4.79 Å². The van der Waals surface area contributed by atoms with Crippen LogP contribution in [0.1, 0.15) is 25.3 Å². The third kappa shape index (κ3) is 4.60. The number of likely N-dealkylation sites (tertiary alicyclic amines) is 1. The number of rotatable bonds is 5. The predicted molar refractivity (Wildman–Crippen MR) is 99.6 cm³/mol. The van der Waals surface area contributed by atoms with Crippen LogP contribution in [0.25, 0.3) is 10.9 Å². The van der Waals surface area contributed by atoms with Crippen molar-refractivity contribution in [3.8, 4) is 0 Å². The number of carbonyl (C=O) groups excluding carboxylic acids is 1. The number of aromatic amines is 1. The van der Waals surface area contributed by atoms with Crippen molar-refractivity contribution in [2.45, 2.75) is 26.3 Å². The molecule has 1 aromatic carbocycles. The van der Waals surface area contributed by atoms with Crippen LogP contribution in [0.3, 0.4) is 0 Å². The molecular formula is C19H26N4O2. The molecular weight excluding hydrogens is 316 g/mol. The van der Waals surface area contributed by atoms with Crippen LogP contribution in [-0.2, 0) is 6.54 Å². The average Bonchev–Trinajstić information content (AvgIpc) is 2.61. The summed E-state index contributed by atoms with van der Waals surface area (Å²) in [5.41, 5.74) is 1.66. The van der Waals surface area contributed by atoms with E-state index in [1.165, 1.54) is 0 Å². The van der Waals surface area contributed by atoms with Gasteiger partial charge in [-0.25, -0.2) is 4.79 Å². The number of pyridine rings is 1. The smallest absolute Gasteiger partial charge is 0.314 e. The summed E-state index contributed by atoms with van der Waals surface area (Å²) < 4.78 is 0. The fourth-order valence-corrected chi connectivity index (χ4v) is 3.47. The minimum atomic E-state index is -0.106. The van der Waals surface area contributed by atoms with Crippen molar-refractivity contribution in [3.05, 3.63) is 46.2 Å². The highest BCUT2D eigenvalue weighted by molar-refractivity contribution is 5.78. The summed E-state index contributed by atoms with van der Waals surface area (Å²) in [7, 11) is 0. The van der Waals surface area contributed by atoms with Gasteiger partial charge in [0.25, 0.3) is 5.56 Å². The topological polar surface area (TPSA) is 77.2 Å². The standard InChI is InChI=1S/C19H26N4O2/c1-2-20-19(25)21-11-14-6-5-9-23(12-14)13-16-10-15-7-3-4-8-17(15)22-18(16)24/h3-4,7-8,10,14H,2,5-6,9,11-13H2,1H3,(H,22,24)(H2,20,21,25). The molecule has 1 unspecified atom stereocenters. The lowest BCUT2D eigenvalue weighted by atomic mass is 9.97. The van der Waals surface area contributed by atoms with Crippen molar-refractivity contribution in [1.29, 1.82) is 0 Å². The predicted octanol–water partition coefficient (Wildman–Crippen LogP) is 2.06. The number of amides is 2. The quantitative estimate of drug-likeness (QED) is 0.778. The van der Waals surface area contributed by atoms with Crippen LogP contribution in [0.15, 0.2) is 35.1 Å². The summed E-state index contributed by atoms with van der Waals surface area (Å²) in [5, 5.41) is 6.74. The Balaban J connectivity index is 1.62. The molecule has 1 aliphatic heterocycles. The Morgan fingerprint density at radius 2 is 2.16 bits per heavy atom. The summed E-state index contributed by atoms with van der Waals surface area (Å²) in [6, 6.07) is 9.73.